The highest BCUT2D eigenvalue weighted by Gasteiger charge is 2.19. The van der Waals surface area contributed by atoms with Gasteiger partial charge in [0.05, 0.1) is 5.56 Å². The van der Waals surface area contributed by atoms with Gasteiger partial charge in [-0.05, 0) is 37.1 Å². The number of esters is 2. The fraction of sp³-hybridized carbons (Fsp3) is 0.263. The summed E-state index contributed by atoms with van der Waals surface area (Å²) in [6, 6.07) is 13.3. The molecule has 0 saturated heterocycles. The van der Waals surface area contributed by atoms with Crippen LogP contribution in [0.15, 0.2) is 48.5 Å². The second-order valence-corrected chi connectivity index (χ2v) is 5.37. The van der Waals surface area contributed by atoms with Crippen LogP contribution in [0.3, 0.4) is 0 Å². The van der Waals surface area contributed by atoms with E-state index in [1.54, 1.807) is 24.3 Å². The summed E-state index contributed by atoms with van der Waals surface area (Å²) >= 11 is 0. The Morgan fingerprint density at radius 3 is 2.25 bits per heavy atom. The quantitative estimate of drug-likeness (QED) is 0.822. The minimum atomic E-state index is -0.654. The van der Waals surface area contributed by atoms with Gasteiger partial charge >= 0.3 is 11.9 Å². The first-order valence-electron chi connectivity index (χ1n) is 7.74. The number of hydrogen-bond acceptors (Lipinski definition) is 5. The molecule has 1 atom stereocenters. The number of aryl methyl sites for hydroxylation is 1. The number of benzene rings is 2. The Kier molecular flexibility index (Phi) is 5.95. The number of phenolic OH excluding ortho intramolecular Hbond substituents is 1. The van der Waals surface area contributed by atoms with Crippen molar-refractivity contribution in [3.05, 3.63) is 65.2 Å². The highest BCUT2D eigenvalue weighted by molar-refractivity contribution is 5.92. The molecule has 0 aliphatic heterocycles. The van der Waals surface area contributed by atoms with Crippen molar-refractivity contribution in [3.8, 4) is 5.75 Å². The summed E-state index contributed by atoms with van der Waals surface area (Å²) in [6.45, 7) is 3.60. The van der Waals surface area contributed by atoms with Gasteiger partial charge in [-0.1, -0.05) is 37.3 Å². The van der Waals surface area contributed by atoms with E-state index in [0.717, 1.165) is 5.56 Å². The number of carbonyl (C=O) groups excluding carboxylic acids is 2. The second-order valence-electron chi connectivity index (χ2n) is 5.37. The van der Waals surface area contributed by atoms with Crippen LogP contribution in [-0.2, 0) is 9.47 Å². The van der Waals surface area contributed by atoms with E-state index in [9.17, 15) is 14.7 Å². The molecule has 1 unspecified atom stereocenters. The third-order valence-corrected chi connectivity index (χ3v) is 3.62. The lowest BCUT2D eigenvalue weighted by Gasteiger charge is -2.17. The number of phenols is 1. The number of carbonyl (C=O) groups is 2. The monoisotopic (exact) mass is 328 g/mol. The SMILES string of the molecule is CCC(COC(=O)c1ccccc1O)OC(=O)c1ccccc1C. The molecule has 5 heteroatoms. The van der Waals surface area contributed by atoms with Crippen molar-refractivity contribution >= 4 is 11.9 Å². The first-order chi connectivity index (χ1) is 11.5. The summed E-state index contributed by atoms with van der Waals surface area (Å²) in [5, 5.41) is 9.64. The van der Waals surface area contributed by atoms with E-state index in [1.807, 2.05) is 26.0 Å². The molecule has 1 N–H and O–H groups in total. The lowest BCUT2D eigenvalue weighted by Crippen LogP contribution is -2.25. The maximum Gasteiger partial charge on any atom is 0.342 e. The molecule has 126 valence electrons. The summed E-state index contributed by atoms with van der Waals surface area (Å²) in [7, 11) is 0. The maximum absolute atomic E-state index is 12.2. The van der Waals surface area contributed by atoms with Crippen molar-refractivity contribution in [2.24, 2.45) is 0 Å². The molecule has 0 spiro atoms. The van der Waals surface area contributed by atoms with Gasteiger partial charge in [0.25, 0.3) is 0 Å². The van der Waals surface area contributed by atoms with Gasteiger partial charge in [-0.15, -0.1) is 0 Å². The van der Waals surface area contributed by atoms with Crippen LogP contribution in [0.2, 0.25) is 0 Å². The highest BCUT2D eigenvalue weighted by atomic mass is 16.6. The molecule has 0 amide bonds. The lowest BCUT2D eigenvalue weighted by atomic mass is 10.1. The summed E-state index contributed by atoms with van der Waals surface area (Å²) in [6.07, 6.45) is -0.0435. The van der Waals surface area contributed by atoms with Crippen LogP contribution < -0.4 is 0 Å². The Morgan fingerprint density at radius 1 is 1.00 bits per heavy atom. The second kappa shape index (κ2) is 8.15. The number of aromatic hydroxyl groups is 1. The van der Waals surface area contributed by atoms with Crippen molar-refractivity contribution in [1.29, 1.82) is 0 Å². The van der Waals surface area contributed by atoms with E-state index >= 15 is 0 Å². The van der Waals surface area contributed by atoms with E-state index in [2.05, 4.69) is 0 Å². The largest absolute Gasteiger partial charge is 0.507 e. The van der Waals surface area contributed by atoms with Crippen LogP contribution in [0.25, 0.3) is 0 Å². The minimum Gasteiger partial charge on any atom is -0.507 e. The predicted octanol–water partition coefficient (Wildman–Crippen LogP) is 3.49. The Morgan fingerprint density at radius 2 is 1.62 bits per heavy atom. The van der Waals surface area contributed by atoms with Crippen molar-refractivity contribution in [2.45, 2.75) is 26.4 Å². The van der Waals surface area contributed by atoms with Gasteiger partial charge in [-0.3, -0.25) is 0 Å². The molecule has 2 aromatic carbocycles. The molecule has 0 saturated carbocycles. The predicted molar refractivity (Wildman–Crippen MR) is 89.1 cm³/mol. The molecule has 0 aliphatic rings. The van der Waals surface area contributed by atoms with Gasteiger partial charge in [0.2, 0.25) is 0 Å². The Hall–Kier alpha value is -2.82. The van der Waals surface area contributed by atoms with E-state index in [0.29, 0.717) is 12.0 Å². The molecule has 0 bridgehead atoms. The number of ether oxygens (including phenoxy) is 2. The van der Waals surface area contributed by atoms with E-state index in [4.69, 9.17) is 9.47 Å². The van der Waals surface area contributed by atoms with E-state index < -0.39 is 18.0 Å². The van der Waals surface area contributed by atoms with Crippen LogP contribution in [-0.4, -0.2) is 29.8 Å². The van der Waals surface area contributed by atoms with Crippen LogP contribution >= 0.6 is 0 Å². The van der Waals surface area contributed by atoms with Crippen LogP contribution in [0.1, 0.15) is 39.6 Å². The number of rotatable bonds is 6. The van der Waals surface area contributed by atoms with Gasteiger partial charge in [0, 0.05) is 0 Å². The first-order valence-corrected chi connectivity index (χ1v) is 7.74. The molecule has 0 aromatic heterocycles. The third kappa shape index (κ3) is 4.35. The zero-order valence-electron chi connectivity index (χ0n) is 13.7. The van der Waals surface area contributed by atoms with Gasteiger partial charge in [-0.2, -0.15) is 0 Å². The summed E-state index contributed by atoms with van der Waals surface area (Å²) in [5.74, 6) is -1.25. The average Bonchev–Trinajstić information content (AvgIpc) is 2.58. The van der Waals surface area contributed by atoms with Crippen molar-refractivity contribution < 1.29 is 24.2 Å². The van der Waals surface area contributed by atoms with E-state index in [1.165, 1.54) is 12.1 Å². The smallest absolute Gasteiger partial charge is 0.342 e. The topological polar surface area (TPSA) is 72.8 Å². The molecule has 0 aliphatic carbocycles. The van der Waals surface area contributed by atoms with Crippen molar-refractivity contribution in [2.75, 3.05) is 6.61 Å². The minimum absolute atomic E-state index is 0.0682. The summed E-state index contributed by atoms with van der Waals surface area (Å²) in [4.78, 5) is 24.2. The molecule has 24 heavy (non-hydrogen) atoms. The normalized spacial score (nSPS) is 11.6. The summed E-state index contributed by atoms with van der Waals surface area (Å²) < 4.78 is 10.6. The van der Waals surface area contributed by atoms with Crippen molar-refractivity contribution in [1.82, 2.24) is 0 Å². The van der Waals surface area contributed by atoms with E-state index in [-0.39, 0.29) is 17.9 Å². The third-order valence-electron chi connectivity index (χ3n) is 3.62. The first kappa shape index (κ1) is 17.5. The molecule has 2 rings (SSSR count). The van der Waals surface area contributed by atoms with Gasteiger partial charge in [0.1, 0.15) is 24.0 Å². The molecule has 0 radical (unpaired) electrons. The molecule has 0 fully saturated rings. The number of hydrogen-bond donors (Lipinski definition) is 1. The fourth-order valence-electron chi connectivity index (χ4n) is 2.14. The van der Waals surface area contributed by atoms with Crippen LogP contribution in [0.4, 0.5) is 0 Å². The molecule has 5 nitrogen and oxygen atoms in total. The number of para-hydroxylation sites is 1. The highest BCUT2D eigenvalue weighted by Crippen LogP contribution is 2.17. The zero-order chi connectivity index (χ0) is 17.5. The van der Waals surface area contributed by atoms with Gasteiger partial charge in [-0.25, -0.2) is 9.59 Å². The molecular formula is C19H20O5. The summed E-state index contributed by atoms with van der Waals surface area (Å²) in [5.41, 5.74) is 1.39. The van der Waals surface area contributed by atoms with Crippen molar-refractivity contribution in [3.63, 3.8) is 0 Å². The Bertz CT molecular complexity index is 723. The average molecular weight is 328 g/mol. The lowest BCUT2D eigenvalue weighted by molar-refractivity contribution is -0.00164. The van der Waals surface area contributed by atoms with Crippen LogP contribution in [0, 0.1) is 6.92 Å². The molecule has 0 heterocycles. The van der Waals surface area contributed by atoms with Gasteiger partial charge < -0.3 is 14.6 Å². The Labute approximate surface area is 140 Å². The fourth-order valence-corrected chi connectivity index (χ4v) is 2.14. The zero-order valence-corrected chi connectivity index (χ0v) is 13.7. The van der Waals surface area contributed by atoms with Crippen LogP contribution in [0.5, 0.6) is 5.75 Å². The molecule has 2 aromatic rings. The standard InChI is InChI=1S/C19H20O5/c1-3-14(24-19(22)15-9-5-4-8-13(15)2)12-23-18(21)16-10-6-7-11-17(16)20/h4-11,14,20H,3,12H2,1-2H3. The van der Waals surface area contributed by atoms with Gasteiger partial charge in [0.15, 0.2) is 0 Å². The molecular weight excluding hydrogens is 308 g/mol. The maximum atomic E-state index is 12.2. The Balaban J connectivity index is 1.95.